The zero-order valence-corrected chi connectivity index (χ0v) is 23.9. The number of carboxylic acid groups (broad SMARTS) is 1. The molecule has 3 N–H and O–H groups in total. The fraction of sp³-hybridized carbons (Fsp3) is 0.294. The lowest BCUT2D eigenvalue weighted by molar-refractivity contribution is -0.307. The number of rotatable bonds is 14. The molecule has 0 aliphatic carbocycles. The number of aliphatic hydroxyl groups excluding tert-OH is 2. The van der Waals surface area contributed by atoms with E-state index in [1.165, 1.54) is 0 Å². The molecule has 0 radical (unpaired) electrons. The van der Waals surface area contributed by atoms with E-state index in [1.807, 2.05) is 99.7 Å². The maximum Gasteiger partial charge on any atom is 0.258 e. The van der Waals surface area contributed by atoms with Crippen molar-refractivity contribution in [3.05, 3.63) is 108 Å². The molecule has 3 rings (SSSR count). The Morgan fingerprint density at radius 2 is 1.66 bits per heavy atom. The Kier molecular flexibility index (Phi) is 11.4. The van der Waals surface area contributed by atoms with Crippen molar-refractivity contribution in [3.8, 4) is 11.1 Å². The predicted octanol–water partition coefficient (Wildman–Crippen LogP) is 5.32. The lowest BCUT2D eigenvalue weighted by Crippen LogP contribution is -2.29. The van der Waals surface area contributed by atoms with Gasteiger partial charge in [0.05, 0.1) is 17.8 Å². The van der Waals surface area contributed by atoms with Gasteiger partial charge in [-0.1, -0.05) is 92.8 Å². The van der Waals surface area contributed by atoms with E-state index in [9.17, 15) is 24.9 Å². The third-order valence-electron chi connectivity index (χ3n) is 6.78. The number of benzene rings is 2. The molecule has 216 valence electrons. The molecule has 2 atom stereocenters. The van der Waals surface area contributed by atoms with Gasteiger partial charge in [-0.2, -0.15) is 0 Å². The molecule has 2 unspecified atom stereocenters. The number of allylic oxidation sites excluding steroid dienone is 4. The first-order chi connectivity index (χ1) is 19.6. The molecule has 0 saturated carbocycles. The SMILES string of the molecule is C=C/C(C)=C/C=C/c1c(-c2ccccc2)c(C(=O)Nc2ccccc2)c(C(C)C)n1CCC(O)CC(O)CC(=O)[O-]. The lowest BCUT2D eigenvalue weighted by atomic mass is 9.96. The standard InChI is InChI=1S/C34H40N2O5/c1-5-24(4)13-12-18-29-31(25-14-8-6-9-15-25)32(34(41)35-26-16-10-7-11-17-26)33(23(2)3)36(29)20-19-27(37)21-28(38)22-30(39)40/h5-18,23,27-28,37-38H,1,19-22H2,2-4H3,(H,35,41)(H,39,40)/p-1/b18-12+,24-13+. The molecule has 0 spiro atoms. The van der Waals surface area contributed by atoms with Gasteiger partial charge >= 0.3 is 0 Å². The highest BCUT2D eigenvalue weighted by molar-refractivity contribution is 6.11. The maximum atomic E-state index is 14.0. The second-order valence-corrected chi connectivity index (χ2v) is 10.4. The molecule has 41 heavy (non-hydrogen) atoms. The molecule has 7 nitrogen and oxygen atoms in total. The number of carboxylic acids is 1. The van der Waals surface area contributed by atoms with Crippen LogP contribution in [0, 0.1) is 0 Å². The zero-order chi connectivity index (χ0) is 29.9. The third-order valence-corrected chi connectivity index (χ3v) is 6.78. The minimum Gasteiger partial charge on any atom is -0.550 e. The molecule has 0 aliphatic rings. The van der Waals surface area contributed by atoms with E-state index >= 15 is 0 Å². The third kappa shape index (κ3) is 8.64. The first-order valence-electron chi connectivity index (χ1n) is 13.8. The van der Waals surface area contributed by atoms with Crippen LogP contribution in [0.1, 0.15) is 67.7 Å². The average Bonchev–Trinajstić information content (AvgIpc) is 3.26. The minimum absolute atomic E-state index is 0.0533. The van der Waals surface area contributed by atoms with E-state index in [0.717, 1.165) is 28.1 Å². The summed E-state index contributed by atoms with van der Waals surface area (Å²) in [7, 11) is 0. The Morgan fingerprint density at radius 1 is 1.02 bits per heavy atom. The van der Waals surface area contributed by atoms with Crippen molar-refractivity contribution in [2.45, 2.75) is 64.7 Å². The van der Waals surface area contributed by atoms with Crippen LogP contribution in [-0.4, -0.2) is 38.9 Å². The monoisotopic (exact) mass is 555 g/mol. The van der Waals surface area contributed by atoms with Crippen molar-refractivity contribution >= 4 is 23.6 Å². The first-order valence-corrected chi connectivity index (χ1v) is 13.8. The van der Waals surface area contributed by atoms with Crippen LogP contribution in [0.3, 0.4) is 0 Å². The topological polar surface area (TPSA) is 115 Å². The highest BCUT2D eigenvalue weighted by Gasteiger charge is 2.29. The Morgan fingerprint density at radius 3 is 2.24 bits per heavy atom. The fourth-order valence-electron chi connectivity index (χ4n) is 4.86. The number of anilines is 1. The summed E-state index contributed by atoms with van der Waals surface area (Å²) in [4.78, 5) is 24.9. The summed E-state index contributed by atoms with van der Waals surface area (Å²) in [5, 5.41) is 34.6. The van der Waals surface area contributed by atoms with Crippen molar-refractivity contribution in [1.82, 2.24) is 4.57 Å². The van der Waals surface area contributed by atoms with Gasteiger partial charge < -0.3 is 30.0 Å². The number of nitrogens with one attached hydrogen (secondary N) is 1. The van der Waals surface area contributed by atoms with Crippen LogP contribution >= 0.6 is 0 Å². The van der Waals surface area contributed by atoms with Crippen molar-refractivity contribution in [2.75, 3.05) is 5.32 Å². The molecule has 0 fully saturated rings. The molecule has 1 aromatic heterocycles. The van der Waals surface area contributed by atoms with Crippen molar-refractivity contribution in [2.24, 2.45) is 0 Å². The number of hydrogen-bond donors (Lipinski definition) is 3. The van der Waals surface area contributed by atoms with Crippen molar-refractivity contribution < 1.29 is 24.9 Å². The van der Waals surface area contributed by atoms with Gasteiger partial charge in [0.15, 0.2) is 0 Å². The van der Waals surface area contributed by atoms with Gasteiger partial charge in [-0.15, -0.1) is 0 Å². The summed E-state index contributed by atoms with van der Waals surface area (Å²) in [6, 6.07) is 19.0. The maximum absolute atomic E-state index is 14.0. The molecule has 3 aromatic rings. The number of nitrogens with zero attached hydrogens (tertiary/aromatic N) is 1. The average molecular weight is 556 g/mol. The van der Waals surface area contributed by atoms with E-state index < -0.39 is 24.6 Å². The van der Waals surface area contributed by atoms with E-state index in [4.69, 9.17) is 0 Å². The number of carbonyl (C=O) groups is 2. The number of hydrogen-bond acceptors (Lipinski definition) is 5. The second-order valence-electron chi connectivity index (χ2n) is 10.4. The van der Waals surface area contributed by atoms with E-state index in [1.54, 1.807) is 6.08 Å². The number of carbonyl (C=O) groups excluding carboxylic acids is 2. The van der Waals surface area contributed by atoms with Crippen LogP contribution in [0.5, 0.6) is 0 Å². The van der Waals surface area contributed by atoms with E-state index in [-0.39, 0.29) is 24.7 Å². The zero-order valence-electron chi connectivity index (χ0n) is 23.9. The van der Waals surface area contributed by atoms with Gasteiger partial charge in [0.1, 0.15) is 0 Å². The minimum atomic E-state index is -1.37. The molecule has 1 amide bonds. The lowest BCUT2D eigenvalue weighted by Gasteiger charge is -2.20. The van der Waals surface area contributed by atoms with Gasteiger partial charge in [0, 0.05) is 41.6 Å². The summed E-state index contributed by atoms with van der Waals surface area (Å²) in [6.07, 6.45) is 5.02. The largest absolute Gasteiger partial charge is 0.550 e. The highest BCUT2D eigenvalue weighted by atomic mass is 16.4. The van der Waals surface area contributed by atoms with Crippen LogP contribution in [-0.2, 0) is 11.3 Å². The van der Waals surface area contributed by atoms with Crippen LogP contribution in [0.15, 0.2) is 91.0 Å². The Bertz CT molecular complexity index is 1390. The number of para-hydroxylation sites is 1. The Balaban J connectivity index is 2.19. The molecular formula is C34H39N2O5-. The van der Waals surface area contributed by atoms with Crippen LogP contribution in [0.25, 0.3) is 17.2 Å². The van der Waals surface area contributed by atoms with Crippen LogP contribution < -0.4 is 10.4 Å². The van der Waals surface area contributed by atoms with Gasteiger partial charge in [0.25, 0.3) is 5.91 Å². The number of aromatic nitrogens is 1. The highest BCUT2D eigenvalue weighted by Crippen LogP contribution is 2.38. The Labute approximate surface area is 242 Å². The van der Waals surface area contributed by atoms with Gasteiger partial charge in [-0.3, -0.25) is 4.79 Å². The predicted molar refractivity (Wildman–Crippen MR) is 162 cm³/mol. The summed E-state index contributed by atoms with van der Waals surface area (Å²) in [5.41, 5.74) is 5.46. The quantitative estimate of drug-likeness (QED) is 0.233. The van der Waals surface area contributed by atoms with Crippen LogP contribution in [0.4, 0.5) is 5.69 Å². The van der Waals surface area contributed by atoms with Crippen molar-refractivity contribution in [1.29, 1.82) is 0 Å². The van der Waals surface area contributed by atoms with E-state index in [2.05, 4.69) is 16.5 Å². The summed E-state index contributed by atoms with van der Waals surface area (Å²) in [5.74, 6) is -1.66. The molecule has 7 heteroatoms. The van der Waals surface area contributed by atoms with Gasteiger partial charge in [-0.25, -0.2) is 0 Å². The van der Waals surface area contributed by atoms with Crippen LogP contribution in [0.2, 0.25) is 0 Å². The first kappa shape index (κ1) is 31.3. The smallest absolute Gasteiger partial charge is 0.258 e. The molecule has 0 saturated heterocycles. The molecular weight excluding hydrogens is 516 g/mol. The Hall–Kier alpha value is -4.20. The number of aliphatic carboxylic acids is 1. The fourth-order valence-corrected chi connectivity index (χ4v) is 4.86. The van der Waals surface area contributed by atoms with E-state index in [0.29, 0.717) is 17.8 Å². The van der Waals surface area contributed by atoms with Gasteiger partial charge in [-0.05, 0) is 49.5 Å². The van der Waals surface area contributed by atoms with Crippen molar-refractivity contribution in [3.63, 3.8) is 0 Å². The number of amides is 1. The molecule has 2 aromatic carbocycles. The molecule has 0 aliphatic heterocycles. The van der Waals surface area contributed by atoms with Gasteiger partial charge in [0.2, 0.25) is 0 Å². The summed E-state index contributed by atoms with van der Waals surface area (Å²) >= 11 is 0. The molecule has 1 heterocycles. The normalized spacial score (nSPS) is 13.4. The molecule has 0 bridgehead atoms. The number of aliphatic hydroxyl groups is 2. The summed E-state index contributed by atoms with van der Waals surface area (Å²) < 4.78 is 2.05. The second kappa shape index (κ2) is 15.0. The summed E-state index contributed by atoms with van der Waals surface area (Å²) in [6.45, 7) is 10.1.